The van der Waals surface area contributed by atoms with Crippen molar-refractivity contribution in [1.29, 1.82) is 0 Å². The number of carbonyl (C=O) groups is 2. The minimum Gasteiger partial charge on any atom is -0.453 e. The number of fused-ring (bicyclic) bond motifs is 1. The number of alkyl carbamates (subject to hydrolysis) is 1. The van der Waals surface area contributed by atoms with E-state index >= 15 is 0 Å². The van der Waals surface area contributed by atoms with Gasteiger partial charge in [0.2, 0.25) is 5.91 Å². The van der Waals surface area contributed by atoms with Crippen LogP contribution in [0, 0.1) is 5.92 Å². The molecule has 1 fully saturated rings. The maximum absolute atomic E-state index is 13.4. The van der Waals surface area contributed by atoms with E-state index in [1.54, 1.807) is 0 Å². The summed E-state index contributed by atoms with van der Waals surface area (Å²) in [6.45, 7) is 5.63. The van der Waals surface area contributed by atoms with Crippen molar-refractivity contribution in [3.8, 4) is 11.3 Å². The lowest BCUT2D eigenvalue weighted by atomic mass is 10.0. The van der Waals surface area contributed by atoms with Gasteiger partial charge in [-0.3, -0.25) is 4.79 Å². The van der Waals surface area contributed by atoms with Crippen molar-refractivity contribution in [1.82, 2.24) is 15.2 Å². The summed E-state index contributed by atoms with van der Waals surface area (Å²) in [7, 11) is 1.31. The number of nitrogens with zero attached hydrogens (tertiary/aromatic N) is 1. The van der Waals surface area contributed by atoms with Crippen LogP contribution in [-0.4, -0.2) is 41.6 Å². The van der Waals surface area contributed by atoms with E-state index in [1.807, 2.05) is 30.9 Å². The molecule has 2 aliphatic rings. The third-order valence-corrected chi connectivity index (χ3v) is 6.67. The molecule has 2 aromatic rings. The molecule has 0 saturated carbocycles. The summed E-state index contributed by atoms with van der Waals surface area (Å²) in [5, 5.41) is 2.71. The number of carbonyl (C=O) groups excluding carboxylic acids is 2. The van der Waals surface area contributed by atoms with Crippen molar-refractivity contribution in [2.75, 3.05) is 13.7 Å². The zero-order valence-corrected chi connectivity index (χ0v) is 19.6. The van der Waals surface area contributed by atoms with Crippen molar-refractivity contribution < 1.29 is 19.1 Å². The third kappa shape index (κ3) is 4.23. The number of hydrogen-bond acceptors (Lipinski definition) is 4. The quantitative estimate of drug-likeness (QED) is 0.646. The molecular weight excluding hydrogens is 462 g/mol. The summed E-state index contributed by atoms with van der Waals surface area (Å²) in [5.41, 5.74) is 5.54. The van der Waals surface area contributed by atoms with Crippen LogP contribution < -0.4 is 5.32 Å². The van der Waals surface area contributed by atoms with Gasteiger partial charge in [0, 0.05) is 27.8 Å². The van der Waals surface area contributed by atoms with Gasteiger partial charge in [-0.05, 0) is 36.5 Å². The van der Waals surface area contributed by atoms with Crippen molar-refractivity contribution in [3.05, 3.63) is 45.6 Å². The standard InChI is InChI=1S/C23H28BrN3O4/c1-13(2)19(26-23(29)30-3)22(28)27-10-4-5-18(27)21-17-12-31-11-16(17)20(25-21)14-6-8-15(24)9-7-14/h6-9,13,18-19,25H,4-5,10-12H2,1-3H3,(H,26,29)/t18?,19-/m0/s1. The number of aromatic amines is 1. The summed E-state index contributed by atoms with van der Waals surface area (Å²) < 4.78 is 11.5. The molecule has 1 saturated heterocycles. The number of H-pyrrole nitrogens is 1. The molecule has 166 valence electrons. The molecule has 0 aliphatic carbocycles. The number of methoxy groups -OCH3 is 1. The number of ether oxygens (including phenoxy) is 2. The zero-order valence-electron chi connectivity index (χ0n) is 18.0. The van der Waals surface area contributed by atoms with Gasteiger partial charge < -0.3 is 24.7 Å². The summed E-state index contributed by atoms with van der Waals surface area (Å²) in [6.07, 6.45) is 1.21. The SMILES string of the molecule is COC(=O)N[C@H](C(=O)N1CCCC1c1[nH]c(-c2ccc(Br)cc2)c2c1COC2)C(C)C. The topological polar surface area (TPSA) is 83.7 Å². The van der Waals surface area contributed by atoms with E-state index < -0.39 is 12.1 Å². The first-order valence-corrected chi connectivity index (χ1v) is 11.4. The van der Waals surface area contributed by atoms with Gasteiger partial charge in [0.1, 0.15) is 6.04 Å². The molecule has 1 aromatic heterocycles. The highest BCUT2D eigenvalue weighted by Gasteiger charge is 2.39. The van der Waals surface area contributed by atoms with Gasteiger partial charge in [0.25, 0.3) is 0 Å². The molecule has 8 heteroatoms. The van der Waals surface area contributed by atoms with Crippen molar-refractivity contribution in [3.63, 3.8) is 0 Å². The number of nitrogens with one attached hydrogen (secondary N) is 2. The normalized spacial score (nSPS) is 18.9. The highest BCUT2D eigenvalue weighted by molar-refractivity contribution is 9.10. The van der Waals surface area contributed by atoms with Gasteiger partial charge in [0.05, 0.1) is 32.1 Å². The first-order valence-electron chi connectivity index (χ1n) is 10.6. The van der Waals surface area contributed by atoms with Crippen LogP contribution in [0.25, 0.3) is 11.3 Å². The Bertz CT molecular complexity index is 970. The average molecular weight is 490 g/mol. The Hall–Kier alpha value is -2.32. The second-order valence-electron chi connectivity index (χ2n) is 8.42. The number of benzene rings is 1. The Morgan fingerprint density at radius 3 is 2.61 bits per heavy atom. The molecule has 0 bridgehead atoms. The Morgan fingerprint density at radius 2 is 1.94 bits per heavy atom. The van der Waals surface area contributed by atoms with E-state index in [1.165, 1.54) is 12.7 Å². The fourth-order valence-corrected chi connectivity index (χ4v) is 4.80. The number of hydrogen-bond donors (Lipinski definition) is 2. The van der Waals surface area contributed by atoms with E-state index in [4.69, 9.17) is 9.47 Å². The van der Waals surface area contributed by atoms with Crippen LogP contribution in [0.3, 0.4) is 0 Å². The predicted octanol–water partition coefficient (Wildman–Crippen LogP) is 4.52. The Balaban J connectivity index is 1.66. The summed E-state index contributed by atoms with van der Waals surface area (Å²) in [6, 6.07) is 7.51. The highest BCUT2D eigenvalue weighted by atomic mass is 79.9. The number of amides is 2. The summed E-state index contributed by atoms with van der Waals surface area (Å²) in [5.74, 6) is -0.126. The predicted molar refractivity (Wildman–Crippen MR) is 120 cm³/mol. The molecule has 2 atom stereocenters. The molecule has 0 radical (unpaired) electrons. The molecule has 7 nitrogen and oxygen atoms in total. The molecule has 1 aromatic carbocycles. The molecule has 2 amide bonds. The van der Waals surface area contributed by atoms with Gasteiger partial charge in [-0.2, -0.15) is 0 Å². The lowest BCUT2D eigenvalue weighted by molar-refractivity contribution is -0.135. The number of aromatic nitrogens is 1. The molecule has 0 spiro atoms. The fourth-order valence-electron chi connectivity index (χ4n) is 4.53. The van der Waals surface area contributed by atoms with Crippen LogP contribution in [0.1, 0.15) is 49.6 Å². The minimum absolute atomic E-state index is 0.0520. The van der Waals surface area contributed by atoms with E-state index in [-0.39, 0.29) is 17.9 Å². The first-order chi connectivity index (χ1) is 14.9. The van der Waals surface area contributed by atoms with E-state index in [9.17, 15) is 9.59 Å². The van der Waals surface area contributed by atoms with Crippen molar-refractivity contribution in [2.45, 2.75) is 52.0 Å². The summed E-state index contributed by atoms with van der Waals surface area (Å²) in [4.78, 5) is 30.8. The molecule has 4 rings (SSSR count). The maximum Gasteiger partial charge on any atom is 0.407 e. The van der Waals surface area contributed by atoms with Gasteiger partial charge in [-0.1, -0.05) is 41.9 Å². The Labute approximate surface area is 190 Å². The second-order valence-corrected chi connectivity index (χ2v) is 9.33. The van der Waals surface area contributed by atoms with Crippen molar-refractivity contribution >= 4 is 27.9 Å². The average Bonchev–Trinajstić information content (AvgIpc) is 3.48. The van der Waals surface area contributed by atoms with Crippen LogP contribution >= 0.6 is 15.9 Å². The van der Waals surface area contributed by atoms with Crippen LogP contribution in [0.4, 0.5) is 4.79 Å². The number of likely N-dealkylation sites (tertiary alicyclic amines) is 1. The fraction of sp³-hybridized carbons (Fsp3) is 0.478. The lowest BCUT2D eigenvalue weighted by Gasteiger charge is -2.31. The molecule has 31 heavy (non-hydrogen) atoms. The molecule has 2 aliphatic heterocycles. The molecular formula is C23H28BrN3O4. The maximum atomic E-state index is 13.4. The summed E-state index contributed by atoms with van der Waals surface area (Å²) >= 11 is 3.49. The zero-order chi connectivity index (χ0) is 22.1. The number of halogens is 1. The van der Waals surface area contributed by atoms with E-state index in [0.29, 0.717) is 19.8 Å². The van der Waals surface area contributed by atoms with E-state index in [0.717, 1.165) is 39.8 Å². The monoisotopic (exact) mass is 489 g/mol. The van der Waals surface area contributed by atoms with Crippen molar-refractivity contribution in [2.24, 2.45) is 5.92 Å². The third-order valence-electron chi connectivity index (χ3n) is 6.14. The van der Waals surface area contributed by atoms with Gasteiger partial charge in [-0.25, -0.2) is 4.79 Å². The largest absolute Gasteiger partial charge is 0.453 e. The highest BCUT2D eigenvalue weighted by Crippen LogP contribution is 2.41. The van der Waals surface area contributed by atoms with Gasteiger partial charge >= 0.3 is 6.09 Å². The van der Waals surface area contributed by atoms with Gasteiger partial charge in [-0.15, -0.1) is 0 Å². The first kappa shape index (κ1) is 21.9. The van der Waals surface area contributed by atoms with Crippen LogP contribution in [0.2, 0.25) is 0 Å². The van der Waals surface area contributed by atoms with Crippen LogP contribution in [0.5, 0.6) is 0 Å². The van der Waals surface area contributed by atoms with E-state index in [2.05, 4.69) is 38.4 Å². The Morgan fingerprint density at radius 1 is 1.23 bits per heavy atom. The smallest absolute Gasteiger partial charge is 0.407 e. The minimum atomic E-state index is -0.627. The second kappa shape index (κ2) is 9.04. The number of rotatable bonds is 5. The Kier molecular flexibility index (Phi) is 6.39. The van der Waals surface area contributed by atoms with Gasteiger partial charge in [0.15, 0.2) is 0 Å². The lowest BCUT2D eigenvalue weighted by Crippen LogP contribution is -2.51. The van der Waals surface area contributed by atoms with Crippen LogP contribution in [-0.2, 0) is 27.5 Å². The van der Waals surface area contributed by atoms with Crippen LogP contribution in [0.15, 0.2) is 28.7 Å². The molecule has 2 N–H and O–H groups in total. The molecule has 3 heterocycles. The molecule has 1 unspecified atom stereocenters.